The van der Waals surface area contributed by atoms with Crippen molar-refractivity contribution in [2.24, 2.45) is 11.8 Å². The lowest BCUT2D eigenvalue weighted by Gasteiger charge is -2.48. The van der Waals surface area contributed by atoms with E-state index in [-0.39, 0.29) is 40.0 Å². The van der Waals surface area contributed by atoms with Gasteiger partial charge in [0.1, 0.15) is 11.5 Å². The van der Waals surface area contributed by atoms with Crippen LogP contribution in [-0.2, 0) is 26.4 Å². The zero-order valence-electron chi connectivity index (χ0n) is 24.8. The lowest BCUT2D eigenvalue weighted by Crippen LogP contribution is -2.51. The first-order valence-electron chi connectivity index (χ1n) is 15.0. The molecule has 0 saturated heterocycles. The summed E-state index contributed by atoms with van der Waals surface area (Å²) in [6.45, 7) is 4.09. The Kier molecular flexibility index (Phi) is 8.78. The highest BCUT2D eigenvalue weighted by atomic mass is 32.2. The molecule has 0 spiro atoms. The van der Waals surface area contributed by atoms with Gasteiger partial charge in [-0.1, -0.05) is 77.9 Å². The highest BCUT2D eigenvalue weighted by Crippen LogP contribution is 2.53. The standard InChI is InChI=1S/C37H38O4S2/c1-24-9-13-27(14-10-24)32-22-35(38)33-23-36(42(39)29-7-5-4-6-8-29)31(26-15-17-28(41-3)18-16-26)21-34(33)37(32)43(40)30-19-11-25(2)12-20-30/h4-20,31-34,36-37H,21-23H2,1-3H3/t31?,32?,33-,34+,36?,37?,42?,43?/m1/s1. The van der Waals surface area contributed by atoms with Crippen LogP contribution in [0.4, 0.5) is 0 Å². The third kappa shape index (κ3) is 6.05. The molecule has 0 aromatic heterocycles. The highest BCUT2D eigenvalue weighted by molar-refractivity contribution is 7.86. The van der Waals surface area contributed by atoms with Crippen LogP contribution >= 0.6 is 0 Å². The Bertz CT molecular complexity index is 1610. The predicted molar refractivity (Wildman–Crippen MR) is 174 cm³/mol. The van der Waals surface area contributed by atoms with Crippen LogP contribution in [0.5, 0.6) is 5.75 Å². The number of rotatable bonds is 7. The van der Waals surface area contributed by atoms with Crippen LogP contribution in [0, 0.1) is 25.7 Å². The number of benzene rings is 4. The maximum atomic E-state index is 14.6. The smallest absolute Gasteiger partial charge is 0.136 e. The molecular weight excluding hydrogens is 573 g/mol. The van der Waals surface area contributed by atoms with Gasteiger partial charge in [0.25, 0.3) is 0 Å². The SMILES string of the molecule is COc1ccc(C2C[C@@H]3C(S(=O)c4ccc(C)cc4)C(c4ccc(C)cc4)CC(=O)[C@@H]3CC2S(=O)c2ccccc2)cc1. The van der Waals surface area contributed by atoms with E-state index in [1.165, 1.54) is 0 Å². The normalized spacial score (nSPS) is 26.7. The molecule has 0 aliphatic heterocycles. The zero-order valence-corrected chi connectivity index (χ0v) is 26.5. The van der Waals surface area contributed by atoms with Gasteiger partial charge in [0.15, 0.2) is 0 Å². The van der Waals surface area contributed by atoms with Crippen molar-refractivity contribution in [2.75, 3.05) is 7.11 Å². The topological polar surface area (TPSA) is 60.4 Å². The van der Waals surface area contributed by atoms with Gasteiger partial charge in [0, 0.05) is 33.3 Å². The molecule has 0 bridgehead atoms. The molecule has 2 fully saturated rings. The summed E-state index contributed by atoms with van der Waals surface area (Å²) in [7, 11) is -0.985. The first kappa shape index (κ1) is 29.7. The fraction of sp³-hybridized carbons (Fsp3) is 0.324. The van der Waals surface area contributed by atoms with E-state index in [1.54, 1.807) is 7.11 Å². The minimum absolute atomic E-state index is 0.0599. The molecule has 222 valence electrons. The largest absolute Gasteiger partial charge is 0.497 e. The Morgan fingerprint density at radius 2 is 1.19 bits per heavy atom. The number of fused-ring (bicyclic) bond motifs is 1. The van der Waals surface area contributed by atoms with Crippen LogP contribution in [0.2, 0.25) is 0 Å². The Morgan fingerprint density at radius 3 is 1.81 bits per heavy atom. The first-order valence-corrected chi connectivity index (χ1v) is 17.4. The lowest BCUT2D eigenvalue weighted by atomic mass is 9.61. The van der Waals surface area contributed by atoms with E-state index < -0.39 is 21.6 Å². The van der Waals surface area contributed by atoms with Gasteiger partial charge >= 0.3 is 0 Å². The van der Waals surface area contributed by atoms with Crippen molar-refractivity contribution in [2.45, 2.75) is 65.2 Å². The van der Waals surface area contributed by atoms with Gasteiger partial charge in [-0.15, -0.1) is 0 Å². The summed E-state index contributed by atoms with van der Waals surface area (Å²) in [5.74, 6) is 0.373. The van der Waals surface area contributed by atoms with E-state index in [1.807, 2.05) is 73.7 Å². The van der Waals surface area contributed by atoms with Crippen LogP contribution in [0.15, 0.2) is 113 Å². The van der Waals surface area contributed by atoms with E-state index >= 15 is 0 Å². The van der Waals surface area contributed by atoms with Gasteiger partial charge in [0.05, 0.1) is 34.0 Å². The molecule has 6 unspecified atom stereocenters. The van der Waals surface area contributed by atoms with Crippen LogP contribution in [0.3, 0.4) is 0 Å². The van der Waals surface area contributed by atoms with Crippen molar-refractivity contribution >= 4 is 27.4 Å². The minimum atomic E-state index is -1.33. The molecule has 0 radical (unpaired) electrons. The summed E-state index contributed by atoms with van der Waals surface area (Å²) in [4.78, 5) is 15.6. The second kappa shape index (κ2) is 12.7. The van der Waals surface area contributed by atoms with Gasteiger partial charge in [0.2, 0.25) is 0 Å². The van der Waals surface area contributed by atoms with E-state index in [4.69, 9.17) is 4.74 Å². The Hall–Kier alpha value is -3.35. The monoisotopic (exact) mass is 610 g/mol. The van der Waals surface area contributed by atoms with Gasteiger partial charge in [-0.2, -0.15) is 0 Å². The highest BCUT2D eigenvalue weighted by Gasteiger charge is 2.53. The molecule has 4 aromatic carbocycles. The van der Waals surface area contributed by atoms with E-state index in [2.05, 4.69) is 43.3 Å². The number of hydrogen-bond donors (Lipinski definition) is 0. The third-order valence-electron chi connectivity index (χ3n) is 9.43. The average Bonchev–Trinajstić information content (AvgIpc) is 3.04. The number of carbonyl (C=O) groups is 1. The molecule has 43 heavy (non-hydrogen) atoms. The Labute approximate surface area is 259 Å². The van der Waals surface area contributed by atoms with Crippen molar-refractivity contribution in [3.63, 3.8) is 0 Å². The summed E-state index contributed by atoms with van der Waals surface area (Å²) < 4.78 is 34.2. The predicted octanol–water partition coefficient (Wildman–Crippen LogP) is 7.53. The number of ether oxygens (including phenoxy) is 1. The molecule has 2 aliphatic carbocycles. The Morgan fingerprint density at radius 1 is 0.628 bits per heavy atom. The lowest BCUT2D eigenvalue weighted by molar-refractivity contribution is -0.128. The second-order valence-corrected chi connectivity index (χ2v) is 15.3. The summed E-state index contributed by atoms with van der Waals surface area (Å²) >= 11 is 0. The van der Waals surface area contributed by atoms with Crippen LogP contribution in [-0.4, -0.2) is 31.8 Å². The number of carbonyl (C=O) groups excluding carboxylic acids is 1. The third-order valence-corrected chi connectivity index (χ3v) is 13.1. The minimum Gasteiger partial charge on any atom is -0.497 e. The quantitative estimate of drug-likeness (QED) is 0.217. The molecule has 8 atom stereocenters. The van der Waals surface area contributed by atoms with Crippen molar-refractivity contribution < 1.29 is 17.9 Å². The number of methoxy groups -OCH3 is 1. The zero-order chi connectivity index (χ0) is 30.1. The van der Waals surface area contributed by atoms with Crippen molar-refractivity contribution in [3.8, 4) is 5.75 Å². The molecule has 0 amide bonds. The number of hydrogen-bond acceptors (Lipinski definition) is 4. The molecule has 4 nitrogen and oxygen atoms in total. The van der Waals surface area contributed by atoms with Crippen molar-refractivity contribution in [1.29, 1.82) is 0 Å². The fourth-order valence-electron chi connectivity index (χ4n) is 7.14. The second-order valence-electron chi connectivity index (χ2n) is 12.0. The summed E-state index contributed by atoms with van der Waals surface area (Å²) in [5.41, 5.74) is 4.43. The maximum absolute atomic E-state index is 14.6. The van der Waals surface area contributed by atoms with Gasteiger partial charge in [-0.25, -0.2) is 0 Å². The molecule has 6 heteroatoms. The van der Waals surface area contributed by atoms with Gasteiger partial charge in [-0.3, -0.25) is 13.2 Å². The average molecular weight is 611 g/mol. The first-order chi connectivity index (χ1) is 20.8. The molecular formula is C37H38O4S2. The van der Waals surface area contributed by atoms with Crippen molar-refractivity contribution in [3.05, 3.63) is 125 Å². The van der Waals surface area contributed by atoms with E-state index in [0.717, 1.165) is 37.8 Å². The summed E-state index contributed by atoms with van der Waals surface area (Å²) in [5, 5.41) is -0.467. The number of aryl methyl sites for hydroxylation is 2. The van der Waals surface area contributed by atoms with E-state index in [9.17, 15) is 13.2 Å². The molecule has 2 saturated carbocycles. The van der Waals surface area contributed by atoms with Crippen LogP contribution in [0.1, 0.15) is 53.4 Å². The van der Waals surface area contributed by atoms with Gasteiger partial charge in [-0.05, 0) is 86.1 Å². The van der Waals surface area contributed by atoms with Crippen LogP contribution in [0.25, 0.3) is 0 Å². The molecule has 0 N–H and O–H groups in total. The van der Waals surface area contributed by atoms with Crippen LogP contribution < -0.4 is 4.74 Å². The fourth-order valence-corrected chi connectivity index (χ4v) is 10.8. The molecule has 0 heterocycles. The van der Waals surface area contributed by atoms with E-state index in [0.29, 0.717) is 19.3 Å². The van der Waals surface area contributed by atoms with Gasteiger partial charge < -0.3 is 4.74 Å². The van der Waals surface area contributed by atoms with Crippen molar-refractivity contribution in [1.82, 2.24) is 0 Å². The number of ketones is 1. The maximum Gasteiger partial charge on any atom is 0.136 e. The molecule has 2 aliphatic rings. The Balaban J connectivity index is 1.44. The molecule has 4 aromatic rings. The summed E-state index contributed by atoms with van der Waals surface area (Å²) in [6.07, 6.45) is 1.52. The molecule has 6 rings (SSSR count). The number of Topliss-reactive ketones (excluding diaryl/α,β-unsaturated/α-hetero) is 1. The summed E-state index contributed by atoms with van der Waals surface area (Å²) in [6, 6.07) is 34.0.